The average molecular weight is 429 g/mol. The van der Waals surface area contributed by atoms with Crippen LogP contribution in [-0.4, -0.2) is 19.4 Å². The first-order valence-corrected chi connectivity index (χ1v) is 10.6. The van der Waals surface area contributed by atoms with Gasteiger partial charge < -0.3 is 9.47 Å². The van der Waals surface area contributed by atoms with E-state index in [9.17, 15) is 4.79 Å². The van der Waals surface area contributed by atoms with Gasteiger partial charge in [0.1, 0.15) is 0 Å². The summed E-state index contributed by atoms with van der Waals surface area (Å²) in [6, 6.07) is 19.1. The van der Waals surface area contributed by atoms with Crippen LogP contribution in [0.5, 0.6) is 0 Å². The fourth-order valence-electron chi connectivity index (χ4n) is 3.16. The van der Waals surface area contributed by atoms with Crippen LogP contribution in [0.3, 0.4) is 0 Å². The lowest BCUT2D eigenvalue weighted by molar-refractivity contribution is 0.0539. The molecule has 32 heavy (non-hydrogen) atoms. The van der Waals surface area contributed by atoms with Gasteiger partial charge in [-0.05, 0) is 74.9 Å². The maximum Gasteiger partial charge on any atom is 0.508 e. The second-order valence-electron chi connectivity index (χ2n) is 7.61. The summed E-state index contributed by atoms with van der Waals surface area (Å²) in [7, 11) is 0. The summed E-state index contributed by atoms with van der Waals surface area (Å²) >= 11 is 0. The zero-order chi connectivity index (χ0) is 23.2. The molecule has 0 aromatic heterocycles. The van der Waals surface area contributed by atoms with Gasteiger partial charge in [-0.15, -0.1) is 0 Å². The zero-order valence-electron chi connectivity index (χ0n) is 18.6. The Kier molecular flexibility index (Phi) is 10.3. The van der Waals surface area contributed by atoms with Gasteiger partial charge in [0.2, 0.25) is 0 Å². The lowest BCUT2D eigenvalue weighted by Gasteiger charge is -2.07. The van der Waals surface area contributed by atoms with Crippen LogP contribution < -0.4 is 0 Å². The second kappa shape index (κ2) is 13.5. The molecule has 2 aromatic carbocycles. The Morgan fingerprint density at radius 3 is 1.66 bits per heavy atom. The molecule has 2 rings (SSSR count). The minimum atomic E-state index is -0.642. The highest BCUT2D eigenvalue weighted by Crippen LogP contribution is 2.14. The highest BCUT2D eigenvalue weighted by atomic mass is 16.7. The van der Waals surface area contributed by atoms with Gasteiger partial charge in [-0.1, -0.05) is 47.6 Å². The van der Waals surface area contributed by atoms with Crippen molar-refractivity contribution in [2.24, 2.45) is 0 Å². The van der Waals surface area contributed by atoms with Crippen molar-refractivity contribution in [3.8, 4) is 12.1 Å². The Hall–Kier alpha value is -3.83. The number of carbonyl (C=O) groups excluding carboxylic acids is 1. The van der Waals surface area contributed by atoms with E-state index < -0.39 is 6.16 Å². The summed E-state index contributed by atoms with van der Waals surface area (Å²) in [4.78, 5) is 11.7. The number of carbonyl (C=O) groups is 1. The molecule has 0 aliphatic heterocycles. The summed E-state index contributed by atoms with van der Waals surface area (Å²) in [6.07, 6.45) is 6.42. The molecule has 0 saturated carbocycles. The summed E-state index contributed by atoms with van der Waals surface area (Å²) in [5.74, 6) is 0. The smallest absolute Gasteiger partial charge is 0.434 e. The fraction of sp³-hybridized carbons (Fsp3) is 0.296. The minimum Gasteiger partial charge on any atom is -0.434 e. The molecule has 0 amide bonds. The molecule has 0 radical (unpaired) electrons. The van der Waals surface area contributed by atoms with Gasteiger partial charge in [0.25, 0.3) is 0 Å². The quantitative estimate of drug-likeness (QED) is 0.312. The van der Waals surface area contributed by atoms with Gasteiger partial charge in [0, 0.05) is 0 Å². The lowest BCUT2D eigenvalue weighted by Crippen LogP contribution is -2.09. The van der Waals surface area contributed by atoms with Gasteiger partial charge in [-0.25, -0.2) is 4.79 Å². The number of nitriles is 2. The number of hydrogen-bond donors (Lipinski definition) is 0. The second-order valence-corrected chi connectivity index (χ2v) is 7.61. The molecule has 164 valence electrons. The van der Waals surface area contributed by atoms with E-state index in [-0.39, 0.29) is 0 Å². The number of allylic oxidation sites excluding steroid dienone is 2. The third-order valence-electron chi connectivity index (χ3n) is 4.73. The highest BCUT2D eigenvalue weighted by Gasteiger charge is 2.04. The van der Waals surface area contributed by atoms with E-state index in [4.69, 9.17) is 20.0 Å². The van der Waals surface area contributed by atoms with Crippen LogP contribution in [0.1, 0.15) is 61.8 Å². The predicted molar refractivity (Wildman–Crippen MR) is 125 cm³/mol. The minimum absolute atomic E-state index is 0.302. The van der Waals surface area contributed by atoms with Crippen molar-refractivity contribution in [3.63, 3.8) is 0 Å². The van der Waals surface area contributed by atoms with Crippen molar-refractivity contribution >= 4 is 18.3 Å². The average Bonchev–Trinajstić information content (AvgIpc) is 2.80. The SMILES string of the molecule is CC(=Cc1cccc(C#N)c1)CCCOC(=O)OCCCC(C)=Cc1cccc(C#N)c1. The van der Waals surface area contributed by atoms with Crippen LogP contribution in [0.4, 0.5) is 4.79 Å². The summed E-state index contributed by atoms with van der Waals surface area (Å²) in [5.41, 5.74) is 5.56. The Labute approximate surface area is 190 Å². The standard InChI is InChI=1S/C27H28N2O3/c1-21(15-23-9-3-11-25(17-23)19-28)7-5-13-31-27(30)32-14-6-8-22(2)16-24-10-4-12-26(18-24)20-29/h3-4,9-12,15-18H,5-8,13-14H2,1-2H3. The van der Waals surface area contributed by atoms with Crippen molar-refractivity contribution in [1.29, 1.82) is 10.5 Å². The molecule has 0 fully saturated rings. The number of rotatable bonds is 10. The Morgan fingerprint density at radius 1 is 0.812 bits per heavy atom. The summed E-state index contributed by atoms with van der Waals surface area (Å²) in [5, 5.41) is 17.9. The first-order chi connectivity index (χ1) is 15.5. The summed E-state index contributed by atoms with van der Waals surface area (Å²) in [6.45, 7) is 4.64. The molecule has 0 saturated heterocycles. The topological polar surface area (TPSA) is 83.1 Å². The summed E-state index contributed by atoms with van der Waals surface area (Å²) < 4.78 is 10.3. The van der Waals surface area contributed by atoms with Gasteiger partial charge in [0.15, 0.2) is 0 Å². The first kappa shape index (κ1) is 24.4. The number of hydrogen-bond acceptors (Lipinski definition) is 5. The van der Waals surface area contributed by atoms with Crippen molar-refractivity contribution in [3.05, 3.63) is 81.9 Å². The molecule has 5 heteroatoms. The Balaban J connectivity index is 1.61. The van der Waals surface area contributed by atoms with E-state index >= 15 is 0 Å². The fourth-order valence-corrected chi connectivity index (χ4v) is 3.16. The molecular weight excluding hydrogens is 400 g/mol. The molecule has 0 bridgehead atoms. The van der Waals surface area contributed by atoms with Crippen molar-refractivity contribution in [2.75, 3.05) is 13.2 Å². The molecule has 5 nitrogen and oxygen atoms in total. The van der Waals surface area contributed by atoms with Crippen LogP contribution in [0.2, 0.25) is 0 Å². The third kappa shape index (κ3) is 9.32. The molecule has 0 N–H and O–H groups in total. The maximum atomic E-state index is 11.7. The zero-order valence-corrected chi connectivity index (χ0v) is 18.6. The van der Waals surface area contributed by atoms with Crippen LogP contribution >= 0.6 is 0 Å². The largest absolute Gasteiger partial charge is 0.508 e. The number of nitrogens with zero attached hydrogens (tertiary/aromatic N) is 2. The molecule has 2 aromatic rings. The first-order valence-electron chi connectivity index (χ1n) is 10.6. The van der Waals surface area contributed by atoms with Crippen LogP contribution in [0.15, 0.2) is 59.7 Å². The van der Waals surface area contributed by atoms with Gasteiger partial charge >= 0.3 is 6.16 Å². The van der Waals surface area contributed by atoms with Crippen molar-refractivity contribution < 1.29 is 14.3 Å². The van der Waals surface area contributed by atoms with Gasteiger partial charge in [-0.2, -0.15) is 10.5 Å². The molecular formula is C27H28N2O3. The Bertz CT molecular complexity index is 972. The van der Waals surface area contributed by atoms with Crippen molar-refractivity contribution in [1.82, 2.24) is 0 Å². The Morgan fingerprint density at radius 2 is 1.25 bits per heavy atom. The van der Waals surface area contributed by atoms with Crippen LogP contribution in [0, 0.1) is 22.7 Å². The van der Waals surface area contributed by atoms with E-state index in [1.54, 1.807) is 12.1 Å². The van der Waals surface area contributed by atoms with Crippen LogP contribution in [-0.2, 0) is 9.47 Å². The molecule has 0 aliphatic carbocycles. The predicted octanol–water partition coefficient (Wildman–Crippen LogP) is 6.65. The monoisotopic (exact) mass is 428 g/mol. The molecule has 0 heterocycles. The van der Waals surface area contributed by atoms with E-state index in [1.165, 1.54) is 0 Å². The van der Waals surface area contributed by atoms with E-state index in [1.807, 2.05) is 62.4 Å². The molecule has 0 unspecified atom stereocenters. The van der Waals surface area contributed by atoms with Gasteiger partial charge in [0.05, 0.1) is 36.5 Å². The van der Waals surface area contributed by atoms with E-state index in [2.05, 4.69) is 12.1 Å². The highest BCUT2D eigenvalue weighted by molar-refractivity contribution is 5.60. The van der Waals surface area contributed by atoms with E-state index in [0.717, 1.165) is 35.1 Å². The lowest BCUT2D eigenvalue weighted by atomic mass is 10.1. The number of ether oxygens (including phenoxy) is 2. The molecule has 0 aliphatic rings. The normalized spacial score (nSPS) is 11.4. The van der Waals surface area contributed by atoms with E-state index in [0.29, 0.717) is 37.2 Å². The molecule has 0 spiro atoms. The van der Waals surface area contributed by atoms with Crippen molar-refractivity contribution in [2.45, 2.75) is 39.5 Å². The van der Waals surface area contributed by atoms with Gasteiger partial charge in [-0.3, -0.25) is 0 Å². The number of benzene rings is 2. The maximum absolute atomic E-state index is 11.7. The van der Waals surface area contributed by atoms with Crippen LogP contribution in [0.25, 0.3) is 12.2 Å². The third-order valence-corrected chi connectivity index (χ3v) is 4.73. The molecule has 0 atom stereocenters.